The van der Waals surface area contributed by atoms with Crippen LogP contribution in [0.3, 0.4) is 0 Å². The van der Waals surface area contributed by atoms with Gasteiger partial charge in [-0.1, -0.05) is 30.4 Å². The molecule has 0 heterocycles. The fourth-order valence-electron chi connectivity index (χ4n) is 1.57. The lowest BCUT2D eigenvalue weighted by Gasteiger charge is -2.24. The summed E-state index contributed by atoms with van der Waals surface area (Å²) in [5, 5.41) is 0. The lowest BCUT2D eigenvalue weighted by atomic mass is 10.1. The van der Waals surface area contributed by atoms with Gasteiger partial charge in [-0.3, -0.25) is 0 Å². The predicted octanol–water partition coefficient (Wildman–Crippen LogP) is 2.32. The van der Waals surface area contributed by atoms with Crippen LogP contribution in [-0.2, 0) is 6.54 Å². The summed E-state index contributed by atoms with van der Waals surface area (Å²) in [7, 11) is 0. The van der Waals surface area contributed by atoms with Crippen molar-refractivity contribution in [3.05, 3.63) is 55.1 Å². The number of para-hydroxylation sites is 1. The van der Waals surface area contributed by atoms with E-state index in [0.29, 0.717) is 6.54 Å². The SMILES string of the molecule is C=CCN(CC=C)c1ccccc1CN. The maximum atomic E-state index is 5.70. The summed E-state index contributed by atoms with van der Waals surface area (Å²) in [6, 6.07) is 8.16. The molecule has 0 aliphatic heterocycles. The Labute approximate surface area is 91.7 Å². The van der Waals surface area contributed by atoms with Crippen LogP contribution in [0.15, 0.2) is 49.6 Å². The summed E-state index contributed by atoms with van der Waals surface area (Å²) in [6.07, 6.45) is 3.77. The minimum atomic E-state index is 0.557. The second-order valence-electron chi connectivity index (χ2n) is 3.32. The van der Waals surface area contributed by atoms with Crippen LogP contribution in [0, 0.1) is 0 Å². The summed E-state index contributed by atoms with van der Waals surface area (Å²) >= 11 is 0. The normalized spacial score (nSPS) is 9.67. The summed E-state index contributed by atoms with van der Waals surface area (Å²) in [6.45, 7) is 9.69. The van der Waals surface area contributed by atoms with Crippen LogP contribution in [0.2, 0.25) is 0 Å². The molecule has 0 atom stereocenters. The average Bonchev–Trinajstić information content (AvgIpc) is 2.29. The molecule has 0 spiro atoms. The van der Waals surface area contributed by atoms with E-state index in [4.69, 9.17) is 5.73 Å². The minimum absolute atomic E-state index is 0.557. The van der Waals surface area contributed by atoms with Gasteiger partial charge in [-0.15, -0.1) is 13.2 Å². The van der Waals surface area contributed by atoms with Gasteiger partial charge in [-0.05, 0) is 11.6 Å². The van der Waals surface area contributed by atoms with Crippen molar-refractivity contribution in [2.75, 3.05) is 18.0 Å². The number of hydrogen-bond acceptors (Lipinski definition) is 2. The molecule has 2 nitrogen and oxygen atoms in total. The van der Waals surface area contributed by atoms with Gasteiger partial charge in [0.05, 0.1) is 0 Å². The van der Waals surface area contributed by atoms with Gasteiger partial charge < -0.3 is 10.6 Å². The van der Waals surface area contributed by atoms with Crippen LogP contribution in [0.5, 0.6) is 0 Å². The molecule has 0 saturated heterocycles. The molecule has 0 aliphatic carbocycles. The summed E-state index contributed by atoms with van der Waals surface area (Å²) in [4.78, 5) is 2.20. The fourth-order valence-corrected chi connectivity index (χ4v) is 1.57. The van der Waals surface area contributed by atoms with E-state index in [9.17, 15) is 0 Å². The van der Waals surface area contributed by atoms with Gasteiger partial charge in [0.15, 0.2) is 0 Å². The van der Waals surface area contributed by atoms with Gasteiger partial charge >= 0.3 is 0 Å². The molecule has 0 saturated carbocycles. The van der Waals surface area contributed by atoms with E-state index in [1.165, 1.54) is 5.69 Å². The first kappa shape index (κ1) is 11.5. The quantitative estimate of drug-likeness (QED) is 0.717. The van der Waals surface area contributed by atoms with Crippen molar-refractivity contribution < 1.29 is 0 Å². The van der Waals surface area contributed by atoms with Crippen molar-refractivity contribution in [1.29, 1.82) is 0 Å². The number of hydrogen-bond donors (Lipinski definition) is 1. The summed E-state index contributed by atoms with van der Waals surface area (Å²) in [5.41, 5.74) is 8.02. The molecule has 1 aromatic carbocycles. The third kappa shape index (κ3) is 2.96. The highest BCUT2D eigenvalue weighted by atomic mass is 15.1. The third-order valence-corrected chi connectivity index (χ3v) is 2.25. The maximum absolute atomic E-state index is 5.70. The molecule has 2 heteroatoms. The van der Waals surface area contributed by atoms with Gasteiger partial charge in [0.1, 0.15) is 0 Å². The predicted molar refractivity (Wildman–Crippen MR) is 66.9 cm³/mol. The standard InChI is InChI=1S/C13H18N2/c1-3-9-15(10-4-2)13-8-6-5-7-12(13)11-14/h3-8H,1-2,9-11,14H2. The highest BCUT2D eigenvalue weighted by Crippen LogP contribution is 2.19. The fraction of sp³-hybridized carbons (Fsp3) is 0.231. The highest BCUT2D eigenvalue weighted by molar-refractivity contribution is 5.54. The first-order valence-corrected chi connectivity index (χ1v) is 5.08. The molecule has 0 aromatic heterocycles. The second kappa shape index (κ2) is 6.04. The van der Waals surface area contributed by atoms with E-state index in [0.717, 1.165) is 18.7 Å². The Morgan fingerprint density at radius 2 is 1.73 bits per heavy atom. The van der Waals surface area contributed by atoms with Gasteiger partial charge in [-0.25, -0.2) is 0 Å². The largest absolute Gasteiger partial charge is 0.364 e. The molecule has 80 valence electrons. The smallest absolute Gasteiger partial charge is 0.0417 e. The number of nitrogens with two attached hydrogens (primary N) is 1. The molecule has 0 fully saturated rings. The molecular formula is C13H18N2. The van der Waals surface area contributed by atoms with Crippen LogP contribution in [0.1, 0.15) is 5.56 Å². The number of rotatable bonds is 6. The number of benzene rings is 1. The van der Waals surface area contributed by atoms with E-state index in [1.807, 2.05) is 24.3 Å². The Bertz CT molecular complexity index is 321. The van der Waals surface area contributed by atoms with Crippen molar-refractivity contribution >= 4 is 5.69 Å². The average molecular weight is 202 g/mol. The molecule has 0 amide bonds. The molecule has 0 unspecified atom stereocenters. The molecule has 2 N–H and O–H groups in total. The van der Waals surface area contributed by atoms with Crippen molar-refractivity contribution in [2.45, 2.75) is 6.54 Å². The third-order valence-electron chi connectivity index (χ3n) is 2.25. The summed E-state index contributed by atoms with van der Waals surface area (Å²) in [5.74, 6) is 0. The van der Waals surface area contributed by atoms with Crippen molar-refractivity contribution in [2.24, 2.45) is 5.73 Å². The van der Waals surface area contributed by atoms with Gasteiger partial charge in [0.25, 0.3) is 0 Å². The van der Waals surface area contributed by atoms with Crippen LogP contribution in [0.4, 0.5) is 5.69 Å². The Morgan fingerprint density at radius 3 is 2.27 bits per heavy atom. The van der Waals surface area contributed by atoms with Crippen LogP contribution in [-0.4, -0.2) is 13.1 Å². The Morgan fingerprint density at radius 1 is 1.13 bits per heavy atom. The van der Waals surface area contributed by atoms with Crippen molar-refractivity contribution in [3.63, 3.8) is 0 Å². The number of nitrogens with zero attached hydrogens (tertiary/aromatic N) is 1. The number of anilines is 1. The highest BCUT2D eigenvalue weighted by Gasteiger charge is 2.06. The Balaban J connectivity index is 2.97. The van der Waals surface area contributed by atoms with Gasteiger partial charge in [0, 0.05) is 25.3 Å². The zero-order valence-corrected chi connectivity index (χ0v) is 9.02. The first-order valence-electron chi connectivity index (χ1n) is 5.08. The molecule has 1 aromatic rings. The molecule has 0 aliphatic rings. The van der Waals surface area contributed by atoms with Crippen LogP contribution < -0.4 is 10.6 Å². The maximum Gasteiger partial charge on any atom is 0.0417 e. The lowest BCUT2D eigenvalue weighted by Crippen LogP contribution is -2.24. The van der Waals surface area contributed by atoms with Gasteiger partial charge in [0.2, 0.25) is 0 Å². The molecule has 1 rings (SSSR count). The minimum Gasteiger partial charge on any atom is -0.364 e. The van der Waals surface area contributed by atoms with E-state index in [2.05, 4.69) is 30.2 Å². The van der Waals surface area contributed by atoms with Gasteiger partial charge in [-0.2, -0.15) is 0 Å². The van der Waals surface area contributed by atoms with Crippen LogP contribution >= 0.6 is 0 Å². The zero-order valence-electron chi connectivity index (χ0n) is 9.02. The van der Waals surface area contributed by atoms with E-state index in [-0.39, 0.29) is 0 Å². The Hall–Kier alpha value is -1.54. The topological polar surface area (TPSA) is 29.3 Å². The molecule has 0 radical (unpaired) electrons. The second-order valence-corrected chi connectivity index (χ2v) is 3.32. The molecule has 15 heavy (non-hydrogen) atoms. The van der Waals surface area contributed by atoms with Crippen molar-refractivity contribution in [1.82, 2.24) is 0 Å². The Kier molecular flexibility index (Phi) is 4.64. The van der Waals surface area contributed by atoms with E-state index in [1.54, 1.807) is 0 Å². The zero-order chi connectivity index (χ0) is 11.1. The van der Waals surface area contributed by atoms with E-state index < -0.39 is 0 Å². The first-order chi connectivity index (χ1) is 7.33. The molecular weight excluding hydrogens is 184 g/mol. The summed E-state index contributed by atoms with van der Waals surface area (Å²) < 4.78 is 0. The van der Waals surface area contributed by atoms with Crippen molar-refractivity contribution in [3.8, 4) is 0 Å². The lowest BCUT2D eigenvalue weighted by molar-refractivity contribution is 0.931. The van der Waals surface area contributed by atoms with Crippen LogP contribution in [0.25, 0.3) is 0 Å². The molecule has 0 bridgehead atoms. The monoisotopic (exact) mass is 202 g/mol. The van der Waals surface area contributed by atoms with E-state index >= 15 is 0 Å².